The van der Waals surface area contributed by atoms with Crippen LogP contribution < -0.4 is 5.32 Å². The first kappa shape index (κ1) is 19.9. The average Bonchev–Trinajstić information content (AvgIpc) is 3.37. The van der Waals surface area contributed by atoms with Gasteiger partial charge < -0.3 is 10.4 Å². The fourth-order valence-electron chi connectivity index (χ4n) is 3.02. The maximum absolute atomic E-state index is 13.0. The van der Waals surface area contributed by atoms with E-state index in [2.05, 4.69) is 10.4 Å². The molecule has 1 aliphatic rings. The number of hydrogen-bond donors (Lipinski definition) is 2. The number of carbonyl (C=O) groups excluding carboxylic acids is 1. The van der Waals surface area contributed by atoms with E-state index in [0.29, 0.717) is 11.3 Å². The Morgan fingerprint density at radius 1 is 1.36 bits per heavy atom. The van der Waals surface area contributed by atoms with Crippen molar-refractivity contribution in [3.8, 4) is 5.69 Å². The van der Waals surface area contributed by atoms with E-state index >= 15 is 0 Å². The largest absolute Gasteiger partial charge is 0.481 e. The third-order valence-corrected chi connectivity index (χ3v) is 4.60. The number of aromatic nitrogens is 2. The normalized spacial score (nSPS) is 15.3. The molecule has 1 saturated carbocycles. The van der Waals surface area contributed by atoms with Gasteiger partial charge in [-0.2, -0.15) is 18.3 Å². The van der Waals surface area contributed by atoms with Crippen molar-refractivity contribution in [3.05, 3.63) is 47.3 Å². The van der Waals surface area contributed by atoms with Gasteiger partial charge in [0.25, 0.3) is 5.91 Å². The predicted molar refractivity (Wildman–Crippen MR) is 94.3 cm³/mol. The van der Waals surface area contributed by atoms with Crippen LogP contribution in [0, 0.1) is 0 Å². The molecule has 1 aliphatic carbocycles. The average molecular weight is 395 g/mol. The van der Waals surface area contributed by atoms with Crippen molar-refractivity contribution in [1.29, 1.82) is 0 Å². The van der Waals surface area contributed by atoms with Crippen LogP contribution in [0.2, 0.25) is 0 Å². The third kappa shape index (κ3) is 4.52. The lowest BCUT2D eigenvalue weighted by molar-refractivity contribution is -0.138. The van der Waals surface area contributed by atoms with Gasteiger partial charge in [0.1, 0.15) is 0 Å². The fourth-order valence-corrected chi connectivity index (χ4v) is 3.02. The molecule has 1 amide bonds. The van der Waals surface area contributed by atoms with E-state index in [4.69, 9.17) is 5.11 Å². The maximum atomic E-state index is 13.0. The minimum Gasteiger partial charge on any atom is -0.481 e. The number of hydrogen-bond acceptors (Lipinski definition) is 3. The molecule has 28 heavy (non-hydrogen) atoms. The summed E-state index contributed by atoms with van der Waals surface area (Å²) in [4.78, 5) is 23.3. The Kier molecular flexibility index (Phi) is 5.44. The zero-order chi connectivity index (χ0) is 20.5. The smallest absolute Gasteiger partial charge is 0.416 e. The van der Waals surface area contributed by atoms with Gasteiger partial charge in [-0.05, 0) is 44.4 Å². The van der Waals surface area contributed by atoms with E-state index in [0.717, 1.165) is 25.0 Å². The van der Waals surface area contributed by atoms with E-state index < -0.39 is 23.6 Å². The Hall–Kier alpha value is -2.84. The Morgan fingerprint density at radius 3 is 2.68 bits per heavy atom. The van der Waals surface area contributed by atoms with Crippen molar-refractivity contribution in [2.24, 2.45) is 0 Å². The summed E-state index contributed by atoms with van der Waals surface area (Å²) in [7, 11) is 0. The highest BCUT2D eigenvalue weighted by molar-refractivity contribution is 5.95. The highest BCUT2D eigenvalue weighted by atomic mass is 19.4. The van der Waals surface area contributed by atoms with Gasteiger partial charge in [-0.1, -0.05) is 6.07 Å². The molecule has 1 fully saturated rings. The minimum absolute atomic E-state index is 0.0621. The molecule has 0 saturated heterocycles. The second-order valence-corrected chi connectivity index (χ2v) is 6.98. The first-order valence-electron chi connectivity index (χ1n) is 8.95. The summed E-state index contributed by atoms with van der Waals surface area (Å²) >= 11 is 0. The molecular weight excluding hydrogens is 375 g/mol. The van der Waals surface area contributed by atoms with Crippen molar-refractivity contribution in [2.45, 2.75) is 50.7 Å². The monoisotopic (exact) mass is 395 g/mol. The molecule has 2 aromatic rings. The molecule has 150 valence electrons. The van der Waals surface area contributed by atoms with Gasteiger partial charge in [0, 0.05) is 18.4 Å². The summed E-state index contributed by atoms with van der Waals surface area (Å²) in [6.07, 6.45) is -1.24. The van der Waals surface area contributed by atoms with E-state index in [9.17, 15) is 22.8 Å². The molecule has 1 atom stereocenters. The van der Waals surface area contributed by atoms with E-state index in [1.54, 1.807) is 6.92 Å². The van der Waals surface area contributed by atoms with Gasteiger partial charge in [0.15, 0.2) is 0 Å². The Balaban J connectivity index is 1.87. The maximum Gasteiger partial charge on any atom is 0.416 e. The van der Waals surface area contributed by atoms with Gasteiger partial charge in [0.2, 0.25) is 0 Å². The second kappa shape index (κ2) is 7.65. The molecule has 6 nitrogen and oxygen atoms in total. The number of benzene rings is 1. The van der Waals surface area contributed by atoms with Crippen molar-refractivity contribution in [1.82, 2.24) is 15.1 Å². The lowest BCUT2D eigenvalue weighted by Crippen LogP contribution is -2.33. The summed E-state index contributed by atoms with van der Waals surface area (Å²) < 4.78 is 40.5. The molecule has 0 bridgehead atoms. The predicted octanol–water partition coefficient (Wildman–Crippen LogP) is 3.75. The summed E-state index contributed by atoms with van der Waals surface area (Å²) in [5.74, 6) is -1.29. The number of aliphatic carboxylic acids is 1. The summed E-state index contributed by atoms with van der Waals surface area (Å²) in [5, 5.41) is 15.6. The van der Waals surface area contributed by atoms with Crippen LogP contribution in [0.5, 0.6) is 0 Å². The van der Waals surface area contributed by atoms with Crippen molar-refractivity contribution in [2.75, 3.05) is 0 Å². The topological polar surface area (TPSA) is 84.2 Å². The number of carboxylic acids is 1. The molecule has 9 heteroatoms. The van der Waals surface area contributed by atoms with Crippen molar-refractivity contribution < 1.29 is 27.9 Å². The molecule has 2 N–H and O–H groups in total. The van der Waals surface area contributed by atoms with Crippen LogP contribution >= 0.6 is 0 Å². The van der Waals surface area contributed by atoms with Crippen molar-refractivity contribution in [3.63, 3.8) is 0 Å². The highest BCUT2D eigenvalue weighted by Gasteiger charge is 2.34. The van der Waals surface area contributed by atoms with Crippen LogP contribution in [0.3, 0.4) is 0 Å². The van der Waals surface area contributed by atoms with Crippen LogP contribution in [0.15, 0.2) is 30.5 Å². The molecule has 0 radical (unpaired) electrons. The van der Waals surface area contributed by atoms with Gasteiger partial charge >= 0.3 is 12.1 Å². The zero-order valence-corrected chi connectivity index (χ0v) is 15.2. The number of carbonyl (C=O) groups is 2. The van der Waals surface area contributed by atoms with Crippen LogP contribution in [-0.2, 0) is 11.0 Å². The quantitative estimate of drug-likeness (QED) is 0.748. The fraction of sp³-hybridized carbons (Fsp3) is 0.421. The number of nitrogens with one attached hydrogen (secondary N) is 1. The standard InChI is InChI=1S/C19H20F3N3O3/c1-11(5-8-16(26)27)24-18(28)15-10-23-25(17(15)12-6-7-12)14-4-2-3-13(9-14)19(20,21)22/h2-4,9-12H,5-8H2,1H3,(H,24,28)(H,26,27). The third-order valence-electron chi connectivity index (χ3n) is 4.60. The number of nitrogens with zero attached hydrogens (tertiary/aromatic N) is 2. The number of halogens is 3. The Bertz CT molecular complexity index is 888. The van der Waals surface area contributed by atoms with Crippen LogP contribution in [0.4, 0.5) is 13.2 Å². The van der Waals surface area contributed by atoms with Crippen LogP contribution in [0.25, 0.3) is 5.69 Å². The molecule has 1 aromatic heterocycles. The number of amides is 1. The first-order chi connectivity index (χ1) is 13.2. The number of carboxylic acid groups (broad SMARTS) is 1. The summed E-state index contributed by atoms with van der Waals surface area (Å²) in [6, 6.07) is 4.47. The molecule has 3 rings (SSSR count). The van der Waals surface area contributed by atoms with E-state index in [1.165, 1.54) is 23.0 Å². The summed E-state index contributed by atoms with van der Waals surface area (Å²) in [5.41, 5.74) is 0.356. The lowest BCUT2D eigenvalue weighted by Gasteiger charge is -2.14. The Morgan fingerprint density at radius 2 is 2.07 bits per heavy atom. The van der Waals surface area contributed by atoms with Crippen LogP contribution in [0.1, 0.15) is 60.1 Å². The highest BCUT2D eigenvalue weighted by Crippen LogP contribution is 2.42. The molecule has 0 spiro atoms. The minimum atomic E-state index is -4.47. The lowest BCUT2D eigenvalue weighted by atomic mass is 10.1. The molecular formula is C19H20F3N3O3. The van der Waals surface area contributed by atoms with Gasteiger partial charge in [-0.25, -0.2) is 4.68 Å². The van der Waals surface area contributed by atoms with E-state index in [1.807, 2.05) is 0 Å². The summed E-state index contributed by atoms with van der Waals surface area (Å²) in [6.45, 7) is 1.70. The molecule has 1 heterocycles. The van der Waals surface area contributed by atoms with Gasteiger partial charge in [0.05, 0.1) is 28.7 Å². The van der Waals surface area contributed by atoms with Crippen LogP contribution in [-0.4, -0.2) is 32.8 Å². The number of rotatable bonds is 7. The number of alkyl halides is 3. The molecule has 1 unspecified atom stereocenters. The van der Waals surface area contributed by atoms with Gasteiger partial charge in [-0.3, -0.25) is 9.59 Å². The SMILES string of the molecule is CC(CCC(=O)O)NC(=O)c1cnn(-c2cccc(C(F)(F)F)c2)c1C1CC1. The van der Waals surface area contributed by atoms with Gasteiger partial charge in [-0.15, -0.1) is 0 Å². The zero-order valence-electron chi connectivity index (χ0n) is 15.2. The molecule has 1 aromatic carbocycles. The van der Waals surface area contributed by atoms with Crippen molar-refractivity contribution >= 4 is 11.9 Å². The Labute approximate surface area is 159 Å². The second-order valence-electron chi connectivity index (χ2n) is 6.98. The van der Waals surface area contributed by atoms with E-state index in [-0.39, 0.29) is 30.5 Å². The molecule has 0 aliphatic heterocycles. The first-order valence-corrected chi connectivity index (χ1v) is 8.95.